The lowest BCUT2D eigenvalue weighted by molar-refractivity contribution is -0.137. The van der Waals surface area contributed by atoms with Crippen molar-refractivity contribution in [2.24, 2.45) is 4.99 Å². The van der Waals surface area contributed by atoms with Crippen LogP contribution in [0.5, 0.6) is 0 Å². The molecule has 0 unspecified atom stereocenters. The lowest BCUT2D eigenvalue weighted by Gasteiger charge is -2.31. The van der Waals surface area contributed by atoms with E-state index in [0.717, 1.165) is 31.8 Å². The van der Waals surface area contributed by atoms with Crippen LogP contribution in [-0.4, -0.2) is 39.0 Å². The normalized spacial score (nSPS) is 14.5. The maximum Gasteiger partial charge on any atom is 0.417 e. The van der Waals surface area contributed by atoms with E-state index < -0.39 is 11.7 Å². The highest BCUT2D eigenvalue weighted by atomic mass is 127. The first-order valence-corrected chi connectivity index (χ1v) is 8.89. The molecule has 0 spiro atoms. The van der Waals surface area contributed by atoms with Crippen LogP contribution >= 0.6 is 24.0 Å². The molecule has 0 aliphatic carbocycles. The largest absolute Gasteiger partial charge is 0.417 e. The van der Waals surface area contributed by atoms with Gasteiger partial charge in [0.2, 0.25) is 0 Å². The Labute approximate surface area is 182 Å². The maximum absolute atomic E-state index is 13.0. The highest BCUT2D eigenvalue weighted by Gasteiger charge is 2.31. The van der Waals surface area contributed by atoms with Gasteiger partial charge in [-0.15, -0.1) is 34.2 Å². The summed E-state index contributed by atoms with van der Waals surface area (Å²) in [6, 6.07) is 10.6. The predicted molar refractivity (Wildman–Crippen MR) is 114 cm³/mol. The van der Waals surface area contributed by atoms with Crippen molar-refractivity contribution in [2.45, 2.75) is 25.7 Å². The topological polar surface area (TPSA) is 57.8 Å². The Morgan fingerprint density at radius 3 is 2.62 bits per heavy atom. The van der Waals surface area contributed by atoms with E-state index in [-0.39, 0.29) is 30.5 Å². The van der Waals surface area contributed by atoms with Crippen LogP contribution in [0.1, 0.15) is 22.5 Å². The van der Waals surface area contributed by atoms with Crippen molar-refractivity contribution in [1.29, 1.82) is 0 Å². The molecule has 0 radical (unpaired) electrons. The average Bonchev–Trinajstić information content (AvgIpc) is 3.10. The summed E-state index contributed by atoms with van der Waals surface area (Å²) in [6.45, 7) is 1.76. The molecule has 3 aromatic rings. The Hall–Kier alpha value is -2.37. The molecule has 4 rings (SSSR count). The molecule has 0 atom stereocenters. The summed E-state index contributed by atoms with van der Waals surface area (Å²) in [5, 5.41) is 11.1. The van der Waals surface area contributed by atoms with E-state index in [2.05, 4.69) is 37.5 Å². The van der Waals surface area contributed by atoms with Crippen molar-refractivity contribution in [3.63, 3.8) is 0 Å². The molecule has 6 nitrogen and oxygen atoms in total. The quantitative estimate of drug-likeness (QED) is 0.322. The Morgan fingerprint density at radius 1 is 1.14 bits per heavy atom. The first kappa shape index (κ1) is 21.3. The summed E-state index contributed by atoms with van der Waals surface area (Å²) in [7, 11) is 1.69. The smallest absolute Gasteiger partial charge is 0.349 e. The van der Waals surface area contributed by atoms with Crippen molar-refractivity contribution in [2.75, 3.05) is 13.6 Å². The van der Waals surface area contributed by atoms with Gasteiger partial charge in [0.25, 0.3) is 0 Å². The summed E-state index contributed by atoms with van der Waals surface area (Å²) >= 11 is 0. The molecule has 1 aromatic carbocycles. The van der Waals surface area contributed by atoms with Crippen LogP contribution in [0.2, 0.25) is 0 Å². The van der Waals surface area contributed by atoms with Crippen LogP contribution in [0.25, 0.3) is 5.65 Å². The van der Waals surface area contributed by atoms with Crippen LogP contribution in [0.4, 0.5) is 13.2 Å². The second-order valence-corrected chi connectivity index (χ2v) is 6.60. The number of alkyl halides is 3. The van der Waals surface area contributed by atoms with Gasteiger partial charge in [-0.25, -0.2) is 0 Å². The third-order valence-electron chi connectivity index (χ3n) is 4.85. The van der Waals surface area contributed by atoms with Crippen molar-refractivity contribution in [3.05, 3.63) is 65.1 Å². The van der Waals surface area contributed by atoms with E-state index in [1.807, 2.05) is 12.1 Å². The SMILES string of the molecule is CN=C(NCc1nnc2ccc(C(F)(F)F)cn12)N1CCc2ccccc2C1.I. The number of guanidine groups is 1. The van der Waals surface area contributed by atoms with Gasteiger partial charge < -0.3 is 10.2 Å². The average molecular weight is 516 g/mol. The highest BCUT2D eigenvalue weighted by Crippen LogP contribution is 2.29. The molecule has 1 aliphatic rings. The van der Waals surface area contributed by atoms with Gasteiger partial charge in [-0.3, -0.25) is 9.39 Å². The Bertz CT molecular complexity index is 1030. The van der Waals surface area contributed by atoms with E-state index in [9.17, 15) is 13.2 Å². The second-order valence-electron chi connectivity index (χ2n) is 6.60. The Balaban J connectivity index is 0.00000240. The van der Waals surface area contributed by atoms with Gasteiger partial charge in [0.15, 0.2) is 17.4 Å². The highest BCUT2D eigenvalue weighted by molar-refractivity contribution is 14.0. The van der Waals surface area contributed by atoms with E-state index in [1.54, 1.807) is 7.05 Å². The number of hydrogen-bond acceptors (Lipinski definition) is 3. The van der Waals surface area contributed by atoms with E-state index in [0.29, 0.717) is 17.4 Å². The minimum atomic E-state index is -4.42. The number of halogens is 4. The standard InChI is InChI=1S/C19H19F3N6.HI/c1-23-18(27-9-8-13-4-2-3-5-14(13)11-27)24-10-17-26-25-16-7-6-15(12-28(16)17)19(20,21)22;/h2-7,12H,8-11H2,1H3,(H,23,24);1H. The van der Waals surface area contributed by atoms with Crippen LogP contribution in [0, 0.1) is 0 Å². The third-order valence-corrected chi connectivity index (χ3v) is 4.85. The Morgan fingerprint density at radius 2 is 1.90 bits per heavy atom. The first-order valence-electron chi connectivity index (χ1n) is 8.89. The number of aliphatic imine (C=N–C) groups is 1. The van der Waals surface area contributed by atoms with Crippen molar-refractivity contribution in [1.82, 2.24) is 24.8 Å². The number of hydrogen-bond donors (Lipinski definition) is 1. The number of nitrogens with zero attached hydrogens (tertiary/aromatic N) is 5. The molecule has 2 aromatic heterocycles. The molecule has 0 saturated carbocycles. The zero-order valence-electron chi connectivity index (χ0n) is 15.6. The van der Waals surface area contributed by atoms with Gasteiger partial charge in [0, 0.05) is 26.3 Å². The van der Waals surface area contributed by atoms with Gasteiger partial charge in [0.05, 0.1) is 12.1 Å². The maximum atomic E-state index is 13.0. The summed E-state index contributed by atoms with van der Waals surface area (Å²) in [5.41, 5.74) is 2.21. The number of benzene rings is 1. The van der Waals surface area contributed by atoms with Crippen molar-refractivity contribution in [3.8, 4) is 0 Å². The molecule has 154 valence electrons. The molecule has 10 heteroatoms. The van der Waals surface area contributed by atoms with Crippen LogP contribution in [0.15, 0.2) is 47.6 Å². The van der Waals surface area contributed by atoms with Crippen LogP contribution in [-0.2, 0) is 25.7 Å². The molecule has 0 bridgehead atoms. The summed E-state index contributed by atoms with van der Waals surface area (Å²) in [6.07, 6.45) is -2.48. The molecule has 1 N–H and O–H groups in total. The molecule has 3 heterocycles. The molecular weight excluding hydrogens is 496 g/mol. The fraction of sp³-hybridized carbons (Fsp3) is 0.316. The molecule has 1 aliphatic heterocycles. The lowest BCUT2D eigenvalue weighted by Crippen LogP contribution is -2.43. The van der Waals surface area contributed by atoms with Crippen molar-refractivity contribution < 1.29 is 13.2 Å². The monoisotopic (exact) mass is 516 g/mol. The number of rotatable bonds is 2. The summed E-state index contributed by atoms with van der Waals surface area (Å²) < 4.78 is 40.3. The van der Waals surface area contributed by atoms with Gasteiger partial charge in [0.1, 0.15) is 0 Å². The summed E-state index contributed by atoms with van der Waals surface area (Å²) in [5.74, 6) is 1.07. The molecule has 0 fully saturated rings. The van der Waals surface area contributed by atoms with E-state index in [1.165, 1.54) is 21.6 Å². The fourth-order valence-electron chi connectivity index (χ4n) is 3.39. The number of aromatic nitrogens is 3. The minimum Gasteiger partial charge on any atom is -0.349 e. The zero-order valence-corrected chi connectivity index (χ0v) is 18.0. The van der Waals surface area contributed by atoms with E-state index in [4.69, 9.17) is 0 Å². The molecule has 0 amide bonds. The van der Waals surface area contributed by atoms with Crippen LogP contribution in [0.3, 0.4) is 0 Å². The summed E-state index contributed by atoms with van der Waals surface area (Å²) in [4.78, 5) is 6.43. The number of pyridine rings is 1. The molecule has 0 saturated heterocycles. The first-order chi connectivity index (χ1) is 13.5. The zero-order chi connectivity index (χ0) is 19.7. The lowest BCUT2D eigenvalue weighted by atomic mass is 10.0. The molecule has 29 heavy (non-hydrogen) atoms. The van der Waals surface area contributed by atoms with E-state index >= 15 is 0 Å². The van der Waals surface area contributed by atoms with Crippen LogP contribution < -0.4 is 5.32 Å². The third kappa shape index (κ3) is 4.46. The molecular formula is C19H20F3IN6. The van der Waals surface area contributed by atoms with Gasteiger partial charge in [-0.2, -0.15) is 13.2 Å². The minimum absolute atomic E-state index is 0. The van der Waals surface area contributed by atoms with Gasteiger partial charge in [-0.1, -0.05) is 24.3 Å². The second kappa shape index (κ2) is 8.56. The Kier molecular flexibility index (Phi) is 6.30. The number of fused-ring (bicyclic) bond motifs is 2. The predicted octanol–water partition coefficient (Wildman–Crippen LogP) is 3.50. The van der Waals surface area contributed by atoms with Gasteiger partial charge >= 0.3 is 6.18 Å². The fourth-order valence-corrected chi connectivity index (χ4v) is 3.39. The van der Waals surface area contributed by atoms with Crippen molar-refractivity contribution >= 4 is 35.6 Å². The van der Waals surface area contributed by atoms with Gasteiger partial charge in [-0.05, 0) is 29.7 Å². The number of nitrogens with one attached hydrogen (secondary N) is 1.